The van der Waals surface area contributed by atoms with Crippen molar-refractivity contribution in [3.8, 4) is 5.75 Å². The van der Waals surface area contributed by atoms with Gasteiger partial charge in [0.15, 0.2) is 11.6 Å². The van der Waals surface area contributed by atoms with Crippen LogP contribution in [-0.4, -0.2) is 13.2 Å². The SMILES string of the molecule is C=C(Br)CNc1cc(OC(F)F)c(F)cc1N. The first kappa shape index (κ1) is 13.7. The number of alkyl halides is 2. The maximum absolute atomic E-state index is 13.2. The van der Waals surface area contributed by atoms with Gasteiger partial charge in [-0.05, 0) is 0 Å². The fourth-order valence-corrected chi connectivity index (χ4v) is 1.24. The van der Waals surface area contributed by atoms with E-state index in [1.165, 1.54) is 0 Å². The average molecular weight is 311 g/mol. The molecule has 0 fully saturated rings. The minimum atomic E-state index is -3.09. The summed E-state index contributed by atoms with van der Waals surface area (Å²) in [6.45, 7) is 0.809. The highest BCUT2D eigenvalue weighted by Gasteiger charge is 2.13. The molecule has 0 unspecified atom stereocenters. The Bertz CT molecular complexity index is 426. The second-order valence-electron chi connectivity index (χ2n) is 3.12. The smallest absolute Gasteiger partial charge is 0.387 e. The molecule has 0 spiro atoms. The van der Waals surface area contributed by atoms with Crippen molar-refractivity contribution in [2.75, 3.05) is 17.6 Å². The summed E-state index contributed by atoms with van der Waals surface area (Å²) in [4.78, 5) is 0. The van der Waals surface area contributed by atoms with Gasteiger partial charge in [-0.3, -0.25) is 0 Å². The van der Waals surface area contributed by atoms with Gasteiger partial charge < -0.3 is 15.8 Å². The van der Waals surface area contributed by atoms with Crippen molar-refractivity contribution < 1.29 is 17.9 Å². The zero-order valence-corrected chi connectivity index (χ0v) is 10.2. The number of hydrogen-bond donors (Lipinski definition) is 2. The van der Waals surface area contributed by atoms with E-state index >= 15 is 0 Å². The normalized spacial score (nSPS) is 10.4. The van der Waals surface area contributed by atoms with Crippen molar-refractivity contribution >= 4 is 27.3 Å². The lowest BCUT2D eigenvalue weighted by molar-refractivity contribution is -0.0521. The molecule has 0 saturated carbocycles. The van der Waals surface area contributed by atoms with Crippen LogP contribution in [-0.2, 0) is 0 Å². The topological polar surface area (TPSA) is 47.3 Å². The zero-order chi connectivity index (χ0) is 13.0. The lowest BCUT2D eigenvalue weighted by Crippen LogP contribution is -2.08. The van der Waals surface area contributed by atoms with Crippen molar-refractivity contribution in [3.63, 3.8) is 0 Å². The van der Waals surface area contributed by atoms with E-state index in [9.17, 15) is 13.2 Å². The van der Waals surface area contributed by atoms with Crippen LogP contribution in [0.1, 0.15) is 0 Å². The molecular weight excluding hydrogens is 301 g/mol. The molecule has 0 aliphatic carbocycles. The second-order valence-corrected chi connectivity index (χ2v) is 4.24. The molecule has 7 heteroatoms. The van der Waals surface area contributed by atoms with Gasteiger partial charge in [-0.15, -0.1) is 0 Å². The van der Waals surface area contributed by atoms with Gasteiger partial charge in [0, 0.05) is 23.2 Å². The van der Waals surface area contributed by atoms with Crippen LogP contribution in [0.2, 0.25) is 0 Å². The molecule has 17 heavy (non-hydrogen) atoms. The van der Waals surface area contributed by atoms with Gasteiger partial charge in [0.25, 0.3) is 0 Å². The first-order valence-corrected chi connectivity index (χ1v) is 5.30. The van der Waals surface area contributed by atoms with Crippen molar-refractivity contribution in [1.82, 2.24) is 0 Å². The lowest BCUT2D eigenvalue weighted by Gasteiger charge is -2.12. The minimum Gasteiger partial charge on any atom is -0.432 e. The number of hydrogen-bond acceptors (Lipinski definition) is 3. The zero-order valence-electron chi connectivity index (χ0n) is 8.64. The van der Waals surface area contributed by atoms with Crippen LogP contribution in [0.25, 0.3) is 0 Å². The average Bonchev–Trinajstić information content (AvgIpc) is 2.19. The van der Waals surface area contributed by atoms with Crippen molar-refractivity contribution in [3.05, 3.63) is 29.0 Å². The number of benzene rings is 1. The molecular formula is C10H10BrF3N2O. The molecule has 0 heterocycles. The summed E-state index contributed by atoms with van der Waals surface area (Å²) in [6.07, 6.45) is 0. The van der Waals surface area contributed by atoms with Crippen LogP contribution < -0.4 is 15.8 Å². The highest BCUT2D eigenvalue weighted by molar-refractivity contribution is 9.11. The second kappa shape index (κ2) is 5.81. The summed E-state index contributed by atoms with van der Waals surface area (Å²) in [5, 5.41) is 2.79. The van der Waals surface area contributed by atoms with Gasteiger partial charge in [0.05, 0.1) is 11.4 Å². The number of nitrogens with one attached hydrogen (secondary N) is 1. The third-order valence-corrected chi connectivity index (χ3v) is 2.07. The molecule has 3 N–H and O–H groups in total. The molecule has 0 radical (unpaired) electrons. The quantitative estimate of drug-likeness (QED) is 0.820. The Morgan fingerprint density at radius 1 is 1.53 bits per heavy atom. The van der Waals surface area contributed by atoms with Crippen LogP contribution in [0.5, 0.6) is 5.75 Å². The first-order valence-electron chi connectivity index (χ1n) is 4.51. The molecule has 0 saturated heterocycles. The Balaban J connectivity index is 2.93. The predicted octanol–water partition coefficient (Wildman–Crippen LogP) is 3.33. The Kier molecular flexibility index (Phi) is 4.68. The Morgan fingerprint density at radius 2 is 2.18 bits per heavy atom. The molecule has 1 aromatic carbocycles. The third kappa shape index (κ3) is 4.18. The summed E-state index contributed by atoms with van der Waals surface area (Å²) in [5.74, 6) is -1.50. The Morgan fingerprint density at radius 3 is 2.71 bits per heavy atom. The maximum atomic E-state index is 13.2. The number of nitrogens with two attached hydrogens (primary N) is 1. The number of halogens is 4. The number of anilines is 2. The van der Waals surface area contributed by atoms with Crippen LogP contribution in [0.3, 0.4) is 0 Å². The highest BCUT2D eigenvalue weighted by Crippen LogP contribution is 2.29. The van der Waals surface area contributed by atoms with Crippen molar-refractivity contribution in [2.24, 2.45) is 0 Å². The van der Waals surface area contributed by atoms with Gasteiger partial charge in [0.1, 0.15) is 0 Å². The largest absolute Gasteiger partial charge is 0.432 e. The van der Waals surface area contributed by atoms with E-state index in [-0.39, 0.29) is 5.69 Å². The minimum absolute atomic E-state index is 0.0952. The Labute approximate surface area is 105 Å². The molecule has 3 nitrogen and oxygen atoms in total. The first-order chi connectivity index (χ1) is 7.90. The van der Waals surface area contributed by atoms with E-state index < -0.39 is 18.2 Å². The molecule has 0 amide bonds. The van der Waals surface area contributed by atoms with Gasteiger partial charge in [0.2, 0.25) is 0 Å². The van der Waals surface area contributed by atoms with E-state index in [0.717, 1.165) is 12.1 Å². The number of nitrogen functional groups attached to an aromatic ring is 1. The monoisotopic (exact) mass is 310 g/mol. The summed E-state index contributed by atoms with van der Waals surface area (Å²) < 4.78 is 41.8. The van der Waals surface area contributed by atoms with Crippen LogP contribution in [0.4, 0.5) is 24.5 Å². The predicted molar refractivity (Wildman–Crippen MR) is 64.0 cm³/mol. The fourth-order valence-electron chi connectivity index (χ4n) is 1.10. The maximum Gasteiger partial charge on any atom is 0.387 e. The summed E-state index contributed by atoms with van der Waals surface area (Å²) in [6, 6.07) is 1.99. The standard InChI is InChI=1S/C10H10BrF3N2O/c1-5(11)4-16-8-3-9(17-10(13)14)6(12)2-7(8)15/h2-3,10,16H,1,4,15H2. The molecule has 0 atom stereocenters. The summed E-state index contributed by atoms with van der Waals surface area (Å²) >= 11 is 3.11. The van der Waals surface area contributed by atoms with Crippen molar-refractivity contribution in [2.45, 2.75) is 6.61 Å². The van der Waals surface area contributed by atoms with E-state index in [0.29, 0.717) is 16.7 Å². The molecule has 0 aliphatic rings. The van der Waals surface area contributed by atoms with E-state index in [2.05, 4.69) is 32.6 Å². The van der Waals surface area contributed by atoms with Gasteiger partial charge in [-0.2, -0.15) is 8.78 Å². The molecule has 1 aromatic rings. The molecule has 0 aromatic heterocycles. The van der Waals surface area contributed by atoms with E-state index in [1.807, 2.05) is 0 Å². The molecule has 0 aliphatic heterocycles. The van der Waals surface area contributed by atoms with Crippen molar-refractivity contribution in [1.29, 1.82) is 0 Å². The fraction of sp³-hybridized carbons (Fsp3) is 0.200. The number of rotatable bonds is 5. The molecule has 94 valence electrons. The van der Waals surface area contributed by atoms with Gasteiger partial charge in [-0.1, -0.05) is 22.5 Å². The Hall–Kier alpha value is -1.37. The third-order valence-electron chi connectivity index (χ3n) is 1.79. The molecule has 0 bridgehead atoms. The van der Waals surface area contributed by atoms with Crippen LogP contribution in [0.15, 0.2) is 23.2 Å². The summed E-state index contributed by atoms with van der Waals surface area (Å²) in [7, 11) is 0. The van der Waals surface area contributed by atoms with Gasteiger partial charge in [-0.25, -0.2) is 4.39 Å². The van der Waals surface area contributed by atoms with E-state index in [1.54, 1.807) is 0 Å². The van der Waals surface area contributed by atoms with Gasteiger partial charge >= 0.3 is 6.61 Å². The highest BCUT2D eigenvalue weighted by atomic mass is 79.9. The number of ether oxygens (including phenoxy) is 1. The summed E-state index contributed by atoms with van der Waals surface area (Å²) in [5.41, 5.74) is 5.91. The lowest BCUT2D eigenvalue weighted by atomic mass is 10.2. The van der Waals surface area contributed by atoms with E-state index in [4.69, 9.17) is 5.73 Å². The van der Waals surface area contributed by atoms with Crippen LogP contribution in [0, 0.1) is 5.82 Å². The van der Waals surface area contributed by atoms with Crippen LogP contribution >= 0.6 is 15.9 Å². The molecule has 1 rings (SSSR count).